The van der Waals surface area contributed by atoms with E-state index in [1.54, 1.807) is 0 Å². The van der Waals surface area contributed by atoms with Crippen molar-refractivity contribution in [2.45, 2.75) is 0 Å². The minimum Gasteiger partial charge on any atom is -0.286 e. The van der Waals surface area contributed by atoms with E-state index in [2.05, 4.69) is 4.72 Å². The van der Waals surface area contributed by atoms with Crippen LogP contribution in [0.2, 0.25) is 0 Å². The third kappa shape index (κ3) is 6.23. The van der Waals surface area contributed by atoms with E-state index in [0.717, 1.165) is 7.05 Å². The summed E-state index contributed by atoms with van der Waals surface area (Å²) in [6, 6.07) is 0. The largest absolute Gasteiger partial charge is 0.286 e. The molecular weight excluding hydrogens is 194 g/mol. The Morgan fingerprint density at radius 1 is 1.18 bits per heavy atom. The van der Waals surface area contributed by atoms with Crippen molar-refractivity contribution in [3.8, 4) is 0 Å². The van der Waals surface area contributed by atoms with Crippen molar-refractivity contribution < 1.29 is 21.4 Å². The lowest BCUT2D eigenvalue weighted by Gasteiger charge is -1.96. The van der Waals surface area contributed by atoms with Crippen molar-refractivity contribution in [2.75, 3.05) is 18.6 Å². The van der Waals surface area contributed by atoms with Crippen LogP contribution in [0.5, 0.6) is 0 Å². The average Bonchev–Trinajstić information content (AvgIpc) is 1.83. The Kier molecular flexibility index (Phi) is 3.42. The van der Waals surface area contributed by atoms with Crippen LogP contribution >= 0.6 is 0 Å². The molecule has 0 bridgehead atoms. The van der Waals surface area contributed by atoms with E-state index in [-0.39, 0.29) is 0 Å². The second-order valence-corrected chi connectivity index (χ2v) is 5.26. The van der Waals surface area contributed by atoms with E-state index in [0.29, 0.717) is 0 Å². The number of sulfonamides is 1. The Morgan fingerprint density at radius 3 is 1.91 bits per heavy atom. The van der Waals surface area contributed by atoms with Gasteiger partial charge in [0.15, 0.2) is 0 Å². The molecule has 0 aromatic rings. The molecule has 0 unspecified atom stereocenters. The number of hydrogen-bond acceptors (Lipinski definition) is 4. The summed E-state index contributed by atoms with van der Waals surface area (Å²) in [5.41, 5.74) is 0. The summed E-state index contributed by atoms with van der Waals surface area (Å²) >= 11 is 0. The summed E-state index contributed by atoms with van der Waals surface area (Å²) in [5.74, 6) is -1.49. The van der Waals surface area contributed by atoms with Gasteiger partial charge >= 0.3 is 0 Å². The van der Waals surface area contributed by atoms with Crippen LogP contribution in [-0.2, 0) is 20.1 Å². The topological polar surface area (TPSA) is 103 Å². The minimum absolute atomic E-state index is 0.678. The van der Waals surface area contributed by atoms with Crippen LogP contribution in [-0.4, -0.2) is 39.9 Å². The standard InChI is InChI=1S/C3H8NO5S2/c1-4-10(5,6)2-3-11(7,8)9/h2-3H2,1H3,(H,7,8,9). The Hall–Kier alpha value is -0.180. The molecule has 1 radical (unpaired) electrons. The van der Waals surface area contributed by atoms with Gasteiger partial charge in [0.1, 0.15) is 0 Å². The molecule has 6 nitrogen and oxygen atoms in total. The maximum atomic E-state index is 10.5. The van der Waals surface area contributed by atoms with E-state index >= 15 is 0 Å². The predicted octanol–water partition coefficient (Wildman–Crippen LogP) is -1.56. The quantitative estimate of drug-likeness (QED) is 0.555. The summed E-state index contributed by atoms with van der Waals surface area (Å²) in [5, 5.41) is 0. The zero-order chi connectivity index (χ0) is 9.12. The molecule has 1 N–H and O–H groups in total. The van der Waals surface area contributed by atoms with E-state index < -0.39 is 31.6 Å². The average molecular weight is 202 g/mol. The highest BCUT2D eigenvalue weighted by Crippen LogP contribution is 1.88. The molecule has 8 heteroatoms. The van der Waals surface area contributed by atoms with Crippen molar-refractivity contribution in [2.24, 2.45) is 0 Å². The van der Waals surface area contributed by atoms with Crippen LogP contribution in [0.1, 0.15) is 0 Å². The lowest BCUT2D eigenvalue weighted by Crippen LogP contribution is -2.21. The van der Waals surface area contributed by atoms with Crippen molar-refractivity contribution in [3.05, 3.63) is 0 Å². The molecule has 0 rings (SSSR count). The van der Waals surface area contributed by atoms with Gasteiger partial charge in [-0.15, -0.1) is 4.72 Å². The fourth-order valence-corrected chi connectivity index (χ4v) is 2.17. The number of rotatable bonds is 4. The first kappa shape index (κ1) is 10.8. The van der Waals surface area contributed by atoms with Crippen LogP contribution < -0.4 is 4.72 Å². The van der Waals surface area contributed by atoms with Gasteiger partial charge in [0, 0.05) is 7.05 Å². The summed E-state index contributed by atoms with van der Waals surface area (Å²) in [4.78, 5) is 0. The molecule has 0 amide bonds. The molecule has 0 saturated heterocycles. The Morgan fingerprint density at radius 2 is 1.64 bits per heavy atom. The van der Waals surface area contributed by atoms with Crippen LogP contribution in [0.4, 0.5) is 0 Å². The number of nitrogens with zero attached hydrogens (tertiary/aromatic N) is 1. The van der Waals surface area contributed by atoms with Crippen LogP contribution in [0.3, 0.4) is 0 Å². The van der Waals surface area contributed by atoms with E-state index in [9.17, 15) is 16.8 Å². The molecule has 0 atom stereocenters. The Bertz CT molecular complexity index is 301. The molecule has 0 heterocycles. The van der Waals surface area contributed by atoms with Gasteiger partial charge in [-0.2, -0.15) is 8.42 Å². The van der Waals surface area contributed by atoms with Crippen LogP contribution in [0.15, 0.2) is 0 Å². The molecule has 11 heavy (non-hydrogen) atoms. The van der Waals surface area contributed by atoms with Crippen molar-refractivity contribution >= 4 is 20.1 Å². The third-order valence-corrected chi connectivity index (χ3v) is 3.13. The first-order valence-electron chi connectivity index (χ1n) is 2.56. The summed E-state index contributed by atoms with van der Waals surface area (Å²) in [6.07, 6.45) is 0. The van der Waals surface area contributed by atoms with E-state index in [4.69, 9.17) is 4.55 Å². The van der Waals surface area contributed by atoms with E-state index in [1.807, 2.05) is 0 Å². The lowest BCUT2D eigenvalue weighted by molar-refractivity contribution is 0.484. The fraction of sp³-hybridized carbons (Fsp3) is 1.00. The SMILES string of the molecule is C[N]S(=O)(=O)CCS(=O)(=O)O. The molecule has 0 aromatic heterocycles. The zero-order valence-electron chi connectivity index (χ0n) is 5.76. The van der Waals surface area contributed by atoms with Gasteiger partial charge in [0.25, 0.3) is 10.1 Å². The second kappa shape index (κ2) is 3.48. The monoisotopic (exact) mass is 202 g/mol. The highest BCUT2D eigenvalue weighted by atomic mass is 32.2. The maximum Gasteiger partial charge on any atom is 0.265 e. The summed E-state index contributed by atoms with van der Waals surface area (Å²) in [6.45, 7) is 0. The highest BCUT2D eigenvalue weighted by molar-refractivity contribution is 7.91. The molecule has 67 valence electrons. The van der Waals surface area contributed by atoms with Crippen LogP contribution in [0, 0.1) is 0 Å². The zero-order valence-corrected chi connectivity index (χ0v) is 7.39. The van der Waals surface area contributed by atoms with Crippen molar-refractivity contribution in [1.29, 1.82) is 0 Å². The van der Waals surface area contributed by atoms with Gasteiger partial charge in [-0.05, 0) is 0 Å². The minimum atomic E-state index is -4.21. The molecular formula is C3H8NO5S2. The first-order valence-corrected chi connectivity index (χ1v) is 5.77. The Labute approximate surface area is 65.4 Å². The van der Waals surface area contributed by atoms with Gasteiger partial charge < -0.3 is 0 Å². The molecule has 0 aliphatic heterocycles. The van der Waals surface area contributed by atoms with Gasteiger partial charge in [-0.3, -0.25) is 4.55 Å². The summed E-state index contributed by atoms with van der Waals surface area (Å²) in [7, 11) is -6.83. The smallest absolute Gasteiger partial charge is 0.265 e. The van der Waals surface area contributed by atoms with Gasteiger partial charge in [0.05, 0.1) is 11.5 Å². The molecule has 0 fully saturated rings. The summed E-state index contributed by atoms with van der Waals surface area (Å²) < 4.78 is 52.2. The Balaban J connectivity index is 4.13. The number of hydrogen-bond donors (Lipinski definition) is 1. The lowest BCUT2D eigenvalue weighted by atomic mass is 11.0. The third-order valence-electron chi connectivity index (χ3n) is 0.877. The molecule has 0 aromatic carbocycles. The van der Waals surface area contributed by atoms with Crippen molar-refractivity contribution in [1.82, 2.24) is 4.72 Å². The van der Waals surface area contributed by atoms with Gasteiger partial charge in [0.2, 0.25) is 10.0 Å². The van der Waals surface area contributed by atoms with Gasteiger partial charge in [-0.1, -0.05) is 0 Å². The van der Waals surface area contributed by atoms with Gasteiger partial charge in [-0.25, -0.2) is 8.42 Å². The fourth-order valence-electron chi connectivity index (χ4n) is 0.302. The maximum absolute atomic E-state index is 10.5. The van der Waals surface area contributed by atoms with Crippen molar-refractivity contribution in [3.63, 3.8) is 0 Å². The predicted molar refractivity (Wildman–Crippen MR) is 38.3 cm³/mol. The molecule has 0 aliphatic rings. The molecule has 0 saturated carbocycles. The van der Waals surface area contributed by atoms with E-state index in [1.165, 1.54) is 0 Å². The van der Waals surface area contributed by atoms with Crippen LogP contribution in [0.25, 0.3) is 0 Å². The first-order chi connectivity index (χ1) is 4.77. The molecule has 0 spiro atoms. The normalized spacial score (nSPS) is 13.3. The molecule has 0 aliphatic carbocycles. The second-order valence-electron chi connectivity index (χ2n) is 1.75. The highest BCUT2D eigenvalue weighted by Gasteiger charge is 2.13.